The number of carbonyl (C=O) groups is 1. The molecule has 1 amide bonds. The van der Waals surface area contributed by atoms with E-state index in [4.69, 9.17) is 9.97 Å². The van der Waals surface area contributed by atoms with E-state index in [9.17, 15) is 4.79 Å². The lowest BCUT2D eigenvalue weighted by atomic mass is 9.63. The van der Waals surface area contributed by atoms with E-state index in [1.165, 1.54) is 6.42 Å². The highest BCUT2D eigenvalue weighted by atomic mass is 16.2. The average molecular weight is 364 g/mol. The highest BCUT2D eigenvalue weighted by molar-refractivity contribution is 5.93. The Kier molecular flexibility index (Phi) is 3.37. The number of hydrogen-bond acceptors (Lipinski definition) is 3. The summed E-state index contributed by atoms with van der Waals surface area (Å²) < 4.78 is 0. The Morgan fingerprint density at radius 1 is 1.07 bits per heavy atom. The van der Waals surface area contributed by atoms with Gasteiger partial charge < -0.3 is 4.90 Å². The molecule has 1 aromatic heterocycles. The van der Waals surface area contributed by atoms with Gasteiger partial charge >= 0.3 is 0 Å². The maximum absolute atomic E-state index is 14.0. The van der Waals surface area contributed by atoms with E-state index in [-0.39, 0.29) is 10.8 Å². The number of likely N-dealkylation sites (tertiary alicyclic amines) is 1. The molecule has 5 rings (SSSR count). The molecule has 3 aliphatic rings. The van der Waals surface area contributed by atoms with Crippen LogP contribution < -0.4 is 0 Å². The zero-order valence-electron chi connectivity index (χ0n) is 16.9. The van der Waals surface area contributed by atoms with E-state index in [0.29, 0.717) is 11.8 Å². The van der Waals surface area contributed by atoms with Crippen LogP contribution in [0.4, 0.5) is 0 Å². The third-order valence-corrected chi connectivity index (χ3v) is 8.25. The first-order valence-corrected chi connectivity index (χ1v) is 10.4. The second-order valence-electron chi connectivity index (χ2n) is 9.77. The van der Waals surface area contributed by atoms with Gasteiger partial charge in [0.25, 0.3) is 0 Å². The molecule has 4 nitrogen and oxygen atoms in total. The zero-order chi connectivity index (χ0) is 19.0. The van der Waals surface area contributed by atoms with Gasteiger partial charge in [-0.3, -0.25) is 4.79 Å². The maximum Gasteiger partial charge on any atom is 0.235 e. The minimum Gasteiger partial charge on any atom is -0.342 e. The summed E-state index contributed by atoms with van der Waals surface area (Å²) in [6.07, 6.45) is 4.23. The number of nitrogens with zero attached hydrogens (tertiary/aromatic N) is 3. The molecule has 142 valence electrons. The van der Waals surface area contributed by atoms with E-state index < -0.39 is 5.41 Å². The van der Waals surface area contributed by atoms with Crippen molar-refractivity contribution in [1.29, 1.82) is 0 Å². The molecule has 2 aliphatic carbocycles. The molecule has 0 N–H and O–H groups in total. The summed E-state index contributed by atoms with van der Waals surface area (Å²) in [5.41, 5.74) is 3.05. The van der Waals surface area contributed by atoms with Crippen LogP contribution in [0.5, 0.6) is 0 Å². The fourth-order valence-corrected chi connectivity index (χ4v) is 6.16. The van der Waals surface area contributed by atoms with Crippen molar-refractivity contribution < 1.29 is 4.79 Å². The second-order valence-corrected chi connectivity index (χ2v) is 9.77. The van der Waals surface area contributed by atoms with Crippen molar-refractivity contribution in [3.05, 3.63) is 35.7 Å². The van der Waals surface area contributed by atoms with Crippen LogP contribution >= 0.6 is 0 Å². The van der Waals surface area contributed by atoms with Crippen LogP contribution in [-0.2, 0) is 15.6 Å². The van der Waals surface area contributed by atoms with Gasteiger partial charge in [0, 0.05) is 18.5 Å². The number of para-hydroxylation sites is 2. The lowest BCUT2D eigenvalue weighted by Crippen LogP contribution is -2.54. The predicted molar refractivity (Wildman–Crippen MR) is 107 cm³/mol. The molecule has 1 aromatic carbocycles. The van der Waals surface area contributed by atoms with Crippen LogP contribution in [0, 0.1) is 11.3 Å². The van der Waals surface area contributed by atoms with Gasteiger partial charge in [-0.2, -0.15) is 0 Å². The van der Waals surface area contributed by atoms with Crippen LogP contribution in [0.3, 0.4) is 0 Å². The second kappa shape index (κ2) is 5.30. The van der Waals surface area contributed by atoms with Crippen LogP contribution in [0.15, 0.2) is 24.3 Å². The topological polar surface area (TPSA) is 46.1 Å². The number of hydrogen-bond donors (Lipinski definition) is 0. The van der Waals surface area contributed by atoms with Crippen molar-refractivity contribution in [3.8, 4) is 0 Å². The van der Waals surface area contributed by atoms with Gasteiger partial charge in [-0.15, -0.1) is 0 Å². The van der Waals surface area contributed by atoms with Crippen molar-refractivity contribution in [2.45, 2.75) is 64.2 Å². The summed E-state index contributed by atoms with van der Waals surface area (Å²) in [6, 6.07) is 8.07. The van der Waals surface area contributed by atoms with E-state index in [2.05, 4.69) is 32.6 Å². The van der Waals surface area contributed by atoms with Crippen molar-refractivity contribution >= 4 is 16.9 Å². The molecular formula is C23H29N3O. The van der Waals surface area contributed by atoms with Crippen LogP contribution in [0.2, 0.25) is 0 Å². The van der Waals surface area contributed by atoms with Gasteiger partial charge in [-0.25, -0.2) is 9.97 Å². The number of carbonyl (C=O) groups excluding carboxylic acids is 1. The summed E-state index contributed by atoms with van der Waals surface area (Å²) in [6.45, 7) is 10.9. The standard InChI is InChI=1S/C23H29N3O/c1-15-8-7-13-26(14-15)20(27)23-12-11-22(4,21(23,2)3)18-19(23)25-17-10-6-5-9-16(17)24-18/h5-6,9-10,15H,7-8,11-14H2,1-4H3. The highest BCUT2D eigenvalue weighted by Gasteiger charge is 2.73. The van der Waals surface area contributed by atoms with Crippen LogP contribution in [-0.4, -0.2) is 33.9 Å². The van der Waals surface area contributed by atoms with Crippen molar-refractivity contribution in [3.63, 3.8) is 0 Å². The van der Waals surface area contributed by atoms with Gasteiger partial charge in [0.1, 0.15) is 0 Å². The van der Waals surface area contributed by atoms with Crippen LogP contribution in [0.1, 0.15) is 64.8 Å². The first-order valence-electron chi connectivity index (χ1n) is 10.4. The number of piperidine rings is 1. The summed E-state index contributed by atoms with van der Waals surface area (Å²) >= 11 is 0. The third-order valence-electron chi connectivity index (χ3n) is 8.25. The predicted octanol–water partition coefficient (Wildman–Crippen LogP) is 4.22. The Morgan fingerprint density at radius 2 is 1.74 bits per heavy atom. The van der Waals surface area contributed by atoms with Gasteiger partial charge in [0.2, 0.25) is 5.91 Å². The molecule has 0 radical (unpaired) electrons. The fourth-order valence-electron chi connectivity index (χ4n) is 6.16. The zero-order valence-corrected chi connectivity index (χ0v) is 16.9. The van der Waals surface area contributed by atoms with E-state index in [0.717, 1.165) is 54.8 Å². The Morgan fingerprint density at radius 3 is 2.41 bits per heavy atom. The average Bonchev–Trinajstić information content (AvgIpc) is 2.95. The number of benzene rings is 1. The van der Waals surface area contributed by atoms with Crippen molar-refractivity contribution in [2.75, 3.05) is 13.1 Å². The molecule has 1 aliphatic heterocycles. The minimum atomic E-state index is -0.537. The van der Waals surface area contributed by atoms with Gasteiger partial charge in [0.15, 0.2) is 0 Å². The third kappa shape index (κ3) is 1.92. The number of fused-ring (bicyclic) bond motifs is 6. The van der Waals surface area contributed by atoms with Crippen molar-refractivity contribution in [2.24, 2.45) is 11.3 Å². The van der Waals surface area contributed by atoms with E-state index in [1.807, 2.05) is 24.3 Å². The molecule has 2 bridgehead atoms. The summed E-state index contributed by atoms with van der Waals surface area (Å²) in [5.74, 6) is 0.879. The maximum atomic E-state index is 14.0. The lowest BCUT2D eigenvalue weighted by Gasteiger charge is -2.43. The first kappa shape index (κ1) is 17.2. The lowest BCUT2D eigenvalue weighted by molar-refractivity contribution is -0.143. The number of aromatic nitrogens is 2. The molecule has 2 heterocycles. The number of amides is 1. The molecular weight excluding hydrogens is 334 g/mol. The molecule has 1 saturated carbocycles. The van der Waals surface area contributed by atoms with E-state index in [1.54, 1.807) is 0 Å². The Hall–Kier alpha value is -1.97. The van der Waals surface area contributed by atoms with E-state index >= 15 is 0 Å². The molecule has 2 fully saturated rings. The van der Waals surface area contributed by atoms with Gasteiger partial charge in [-0.05, 0) is 49.1 Å². The molecule has 3 unspecified atom stereocenters. The molecule has 1 saturated heterocycles. The number of rotatable bonds is 1. The largest absolute Gasteiger partial charge is 0.342 e. The smallest absolute Gasteiger partial charge is 0.235 e. The first-order chi connectivity index (χ1) is 12.8. The minimum absolute atomic E-state index is 0.101. The van der Waals surface area contributed by atoms with Crippen molar-refractivity contribution in [1.82, 2.24) is 14.9 Å². The van der Waals surface area contributed by atoms with Crippen LogP contribution in [0.25, 0.3) is 11.0 Å². The molecule has 3 atom stereocenters. The SMILES string of the molecule is CC1CCCN(C(=O)C23CCC(C)(c4nc5ccccc5nc42)C3(C)C)C1. The molecule has 27 heavy (non-hydrogen) atoms. The van der Waals surface area contributed by atoms with Gasteiger partial charge in [-0.1, -0.05) is 39.8 Å². The Labute approximate surface area is 161 Å². The molecule has 4 heteroatoms. The summed E-state index contributed by atoms with van der Waals surface area (Å²) in [4.78, 5) is 26.3. The summed E-state index contributed by atoms with van der Waals surface area (Å²) in [7, 11) is 0. The Bertz CT molecular complexity index is 952. The Balaban J connectivity index is 1.72. The molecule has 0 spiro atoms. The summed E-state index contributed by atoms with van der Waals surface area (Å²) in [5, 5.41) is 0. The molecule has 2 aromatic rings. The quantitative estimate of drug-likeness (QED) is 0.762. The normalized spacial score (nSPS) is 34.1. The monoisotopic (exact) mass is 363 g/mol. The fraction of sp³-hybridized carbons (Fsp3) is 0.609. The highest BCUT2D eigenvalue weighted by Crippen LogP contribution is 2.70. The van der Waals surface area contributed by atoms with Gasteiger partial charge in [0.05, 0.1) is 27.8 Å².